The molecule has 1 unspecified atom stereocenters. The molecule has 1 heterocycles. The number of benzene rings is 2. The highest BCUT2D eigenvalue weighted by Crippen LogP contribution is 2.21. The quantitative estimate of drug-likeness (QED) is 0.373. The Labute approximate surface area is 184 Å². The Hall–Kier alpha value is -2.09. The summed E-state index contributed by atoms with van der Waals surface area (Å²) in [5.41, 5.74) is 3.36. The van der Waals surface area contributed by atoms with Crippen LogP contribution in [0.5, 0.6) is 0 Å². The van der Waals surface area contributed by atoms with Crippen LogP contribution in [0.25, 0.3) is 0 Å². The SMILES string of the molecule is CN=C(NCc1ccc(N2CCCCC2=O)cc1)NC(C)c1ccccc1.I. The van der Waals surface area contributed by atoms with E-state index in [1.807, 2.05) is 35.2 Å². The second-order valence-corrected chi connectivity index (χ2v) is 6.87. The van der Waals surface area contributed by atoms with E-state index in [4.69, 9.17) is 0 Å². The topological polar surface area (TPSA) is 56.7 Å². The summed E-state index contributed by atoms with van der Waals surface area (Å²) in [5.74, 6) is 0.994. The lowest BCUT2D eigenvalue weighted by Gasteiger charge is -2.27. The van der Waals surface area contributed by atoms with Gasteiger partial charge >= 0.3 is 0 Å². The van der Waals surface area contributed by atoms with Gasteiger partial charge in [0, 0.05) is 32.2 Å². The second-order valence-electron chi connectivity index (χ2n) is 6.87. The van der Waals surface area contributed by atoms with Crippen LogP contribution in [0.3, 0.4) is 0 Å². The van der Waals surface area contributed by atoms with Crippen LogP contribution >= 0.6 is 24.0 Å². The molecular formula is C22H29IN4O. The molecule has 28 heavy (non-hydrogen) atoms. The molecule has 3 rings (SSSR count). The number of aliphatic imine (C=N–C) groups is 1. The first-order valence-corrected chi connectivity index (χ1v) is 9.59. The van der Waals surface area contributed by atoms with Crippen molar-refractivity contribution in [2.45, 2.75) is 38.8 Å². The van der Waals surface area contributed by atoms with Gasteiger partial charge in [-0.25, -0.2) is 0 Å². The molecular weight excluding hydrogens is 463 g/mol. The second kappa shape index (κ2) is 11.0. The Morgan fingerprint density at radius 2 is 1.82 bits per heavy atom. The van der Waals surface area contributed by atoms with E-state index in [1.165, 1.54) is 5.56 Å². The Morgan fingerprint density at radius 1 is 1.11 bits per heavy atom. The van der Waals surface area contributed by atoms with Gasteiger partial charge in [0.2, 0.25) is 5.91 Å². The Balaban J connectivity index is 0.00000280. The molecule has 0 aromatic heterocycles. The first-order chi connectivity index (χ1) is 13.2. The fourth-order valence-electron chi connectivity index (χ4n) is 3.28. The number of carbonyl (C=O) groups is 1. The van der Waals surface area contributed by atoms with Crippen molar-refractivity contribution in [1.29, 1.82) is 0 Å². The van der Waals surface area contributed by atoms with Crippen LogP contribution in [0.15, 0.2) is 59.6 Å². The van der Waals surface area contributed by atoms with Crippen LogP contribution < -0.4 is 15.5 Å². The smallest absolute Gasteiger partial charge is 0.226 e. The molecule has 1 atom stereocenters. The summed E-state index contributed by atoms with van der Waals surface area (Å²) >= 11 is 0. The number of nitrogens with zero attached hydrogens (tertiary/aromatic N) is 2. The molecule has 150 valence electrons. The third-order valence-corrected chi connectivity index (χ3v) is 4.91. The van der Waals surface area contributed by atoms with Crippen LogP contribution in [-0.4, -0.2) is 25.5 Å². The molecule has 2 aromatic rings. The summed E-state index contributed by atoms with van der Waals surface area (Å²) in [6.45, 7) is 3.62. The van der Waals surface area contributed by atoms with Crippen LogP contribution in [0.2, 0.25) is 0 Å². The number of rotatable bonds is 5. The maximum absolute atomic E-state index is 12.0. The molecule has 2 aromatic carbocycles. The summed E-state index contributed by atoms with van der Waals surface area (Å²) in [6, 6.07) is 18.7. The summed E-state index contributed by atoms with van der Waals surface area (Å²) in [7, 11) is 1.78. The summed E-state index contributed by atoms with van der Waals surface area (Å²) in [6.07, 6.45) is 2.74. The Kier molecular flexibility index (Phi) is 8.76. The lowest BCUT2D eigenvalue weighted by Crippen LogP contribution is -2.38. The highest BCUT2D eigenvalue weighted by molar-refractivity contribution is 14.0. The van der Waals surface area contributed by atoms with E-state index >= 15 is 0 Å². The van der Waals surface area contributed by atoms with E-state index in [-0.39, 0.29) is 35.9 Å². The van der Waals surface area contributed by atoms with E-state index in [0.717, 1.165) is 36.6 Å². The van der Waals surface area contributed by atoms with Crippen LogP contribution in [0.4, 0.5) is 5.69 Å². The van der Waals surface area contributed by atoms with Gasteiger partial charge in [-0.3, -0.25) is 9.79 Å². The van der Waals surface area contributed by atoms with Gasteiger partial charge in [0.1, 0.15) is 0 Å². The molecule has 1 saturated heterocycles. The number of amides is 1. The summed E-state index contributed by atoms with van der Waals surface area (Å²) in [4.78, 5) is 18.2. The Morgan fingerprint density at radius 3 is 2.46 bits per heavy atom. The normalized spacial score (nSPS) is 15.6. The van der Waals surface area contributed by atoms with E-state index < -0.39 is 0 Å². The number of anilines is 1. The zero-order valence-electron chi connectivity index (χ0n) is 16.5. The molecule has 1 amide bonds. The van der Waals surface area contributed by atoms with E-state index in [9.17, 15) is 4.79 Å². The molecule has 0 saturated carbocycles. The van der Waals surface area contributed by atoms with Crippen molar-refractivity contribution in [2.24, 2.45) is 4.99 Å². The third-order valence-electron chi connectivity index (χ3n) is 4.91. The number of hydrogen-bond acceptors (Lipinski definition) is 2. The number of piperidine rings is 1. The van der Waals surface area contributed by atoms with Gasteiger partial charge in [-0.1, -0.05) is 42.5 Å². The predicted molar refractivity (Wildman–Crippen MR) is 126 cm³/mol. The first-order valence-electron chi connectivity index (χ1n) is 9.59. The van der Waals surface area contributed by atoms with Crippen molar-refractivity contribution in [3.63, 3.8) is 0 Å². The largest absolute Gasteiger partial charge is 0.352 e. The molecule has 5 nitrogen and oxygen atoms in total. The lowest BCUT2D eigenvalue weighted by molar-refractivity contribution is -0.119. The van der Waals surface area contributed by atoms with Gasteiger partial charge < -0.3 is 15.5 Å². The van der Waals surface area contributed by atoms with E-state index in [2.05, 4.69) is 46.8 Å². The average Bonchev–Trinajstić information content (AvgIpc) is 2.72. The fourth-order valence-corrected chi connectivity index (χ4v) is 3.28. The standard InChI is InChI=1S/C22H28N4O.HI/c1-17(19-8-4-3-5-9-19)25-22(23-2)24-16-18-11-13-20(14-12-18)26-15-7-6-10-21(26)27;/h3-5,8-9,11-14,17H,6-7,10,15-16H2,1-2H3,(H2,23,24,25);1H. The number of nitrogens with one attached hydrogen (secondary N) is 2. The highest BCUT2D eigenvalue weighted by Gasteiger charge is 2.19. The van der Waals surface area contributed by atoms with Gasteiger partial charge in [-0.05, 0) is 43.0 Å². The molecule has 0 aliphatic carbocycles. The van der Waals surface area contributed by atoms with Crippen LogP contribution in [-0.2, 0) is 11.3 Å². The van der Waals surface area contributed by atoms with Crippen molar-refractivity contribution < 1.29 is 4.79 Å². The zero-order valence-corrected chi connectivity index (χ0v) is 18.9. The van der Waals surface area contributed by atoms with Crippen LogP contribution in [0.1, 0.15) is 43.4 Å². The molecule has 0 radical (unpaired) electrons. The van der Waals surface area contributed by atoms with Crippen molar-refractivity contribution in [1.82, 2.24) is 10.6 Å². The summed E-state index contributed by atoms with van der Waals surface area (Å²) in [5, 5.41) is 6.76. The van der Waals surface area contributed by atoms with Gasteiger partial charge in [-0.15, -0.1) is 24.0 Å². The molecule has 0 bridgehead atoms. The lowest BCUT2D eigenvalue weighted by atomic mass is 10.1. The van der Waals surface area contributed by atoms with Gasteiger partial charge in [0.25, 0.3) is 0 Å². The molecule has 1 aliphatic heterocycles. The monoisotopic (exact) mass is 492 g/mol. The average molecular weight is 492 g/mol. The maximum atomic E-state index is 12.0. The minimum atomic E-state index is 0. The molecule has 1 aliphatic rings. The number of guanidine groups is 1. The number of hydrogen-bond donors (Lipinski definition) is 2. The van der Waals surface area contributed by atoms with Gasteiger partial charge in [0.05, 0.1) is 6.04 Å². The molecule has 2 N–H and O–H groups in total. The Bertz CT molecular complexity index is 777. The third kappa shape index (κ3) is 5.95. The van der Waals surface area contributed by atoms with E-state index in [1.54, 1.807) is 7.05 Å². The van der Waals surface area contributed by atoms with Gasteiger partial charge in [0.15, 0.2) is 5.96 Å². The van der Waals surface area contributed by atoms with Crippen molar-refractivity contribution in [2.75, 3.05) is 18.5 Å². The predicted octanol–water partition coefficient (Wildman–Crippen LogP) is 4.25. The molecule has 0 spiro atoms. The van der Waals surface area contributed by atoms with Crippen molar-refractivity contribution >= 4 is 41.5 Å². The first kappa shape index (κ1) is 22.2. The number of halogens is 1. The molecule has 6 heteroatoms. The van der Waals surface area contributed by atoms with Crippen molar-refractivity contribution in [3.8, 4) is 0 Å². The molecule has 1 fully saturated rings. The minimum Gasteiger partial charge on any atom is -0.352 e. The minimum absolute atomic E-state index is 0. The maximum Gasteiger partial charge on any atom is 0.226 e. The highest BCUT2D eigenvalue weighted by atomic mass is 127. The van der Waals surface area contributed by atoms with Crippen molar-refractivity contribution in [3.05, 3.63) is 65.7 Å². The fraction of sp³-hybridized carbons (Fsp3) is 0.364. The zero-order chi connectivity index (χ0) is 19.1. The number of carbonyl (C=O) groups excluding carboxylic acids is 1. The van der Waals surface area contributed by atoms with E-state index in [0.29, 0.717) is 13.0 Å². The van der Waals surface area contributed by atoms with Gasteiger partial charge in [-0.2, -0.15) is 0 Å². The van der Waals surface area contributed by atoms with Crippen LogP contribution in [0, 0.1) is 0 Å². The summed E-state index contributed by atoms with van der Waals surface area (Å²) < 4.78 is 0.